The van der Waals surface area contributed by atoms with Gasteiger partial charge in [0.05, 0.1) is 25.9 Å². The number of aliphatic hydroxyl groups is 1. The zero-order valence-corrected chi connectivity index (χ0v) is 33.6. The van der Waals surface area contributed by atoms with E-state index in [2.05, 4.69) is 49.6 Å². The quantitative estimate of drug-likeness (QED) is 0.196. The predicted octanol–water partition coefficient (Wildman–Crippen LogP) is 5.63. The maximum atomic E-state index is 14.5. The number of anilines is 1. The van der Waals surface area contributed by atoms with Crippen molar-refractivity contribution in [3.8, 4) is 16.9 Å². The molecule has 1 heterocycles. The predicted molar refractivity (Wildman–Crippen MR) is 214 cm³/mol. The number of hydrogen-bond acceptors (Lipinski definition) is 8. The van der Waals surface area contributed by atoms with Crippen LogP contribution < -0.4 is 20.3 Å². The highest BCUT2D eigenvalue weighted by atomic mass is 16.7. The summed E-state index contributed by atoms with van der Waals surface area (Å²) in [7, 11) is 9.52. The number of fused-ring (bicyclic) bond motifs is 2. The van der Waals surface area contributed by atoms with Crippen LogP contribution in [0.3, 0.4) is 0 Å². The molecule has 7 rings (SSSR count). The van der Waals surface area contributed by atoms with Gasteiger partial charge in [0.25, 0.3) is 5.91 Å². The Labute approximate surface area is 322 Å². The van der Waals surface area contributed by atoms with Crippen LogP contribution in [0.4, 0.5) is 5.69 Å². The number of ether oxygens (including phenoxy) is 1. The molecule has 0 aromatic heterocycles. The number of nitrogens with zero attached hydrogens (tertiary/aromatic N) is 3. The molecule has 54 heavy (non-hydrogen) atoms. The van der Waals surface area contributed by atoms with E-state index in [1.54, 1.807) is 19.1 Å². The molecule has 10 heteroatoms. The van der Waals surface area contributed by atoms with Crippen molar-refractivity contribution in [2.45, 2.75) is 77.8 Å². The number of carbonyl (C=O) groups is 2. The van der Waals surface area contributed by atoms with Crippen molar-refractivity contribution in [1.29, 1.82) is 0 Å². The van der Waals surface area contributed by atoms with Crippen LogP contribution in [0.5, 0.6) is 5.75 Å². The Balaban J connectivity index is 1.28. The Morgan fingerprint density at radius 1 is 1.04 bits per heavy atom. The second-order valence-electron chi connectivity index (χ2n) is 17.0. The lowest BCUT2D eigenvalue weighted by atomic mass is 9.45. The van der Waals surface area contributed by atoms with E-state index >= 15 is 0 Å². The van der Waals surface area contributed by atoms with Crippen molar-refractivity contribution in [1.82, 2.24) is 20.6 Å². The third kappa shape index (κ3) is 8.17. The van der Waals surface area contributed by atoms with Crippen molar-refractivity contribution in [2.75, 3.05) is 53.3 Å². The van der Waals surface area contributed by atoms with Gasteiger partial charge < -0.3 is 30.3 Å². The normalized spacial score (nSPS) is 26.5. The number of benzene rings is 3. The summed E-state index contributed by atoms with van der Waals surface area (Å²) in [5, 5.41) is 19.5. The number of nitrogens with one attached hydrogen (secondary N) is 2. The molecule has 1 saturated heterocycles. The van der Waals surface area contributed by atoms with Gasteiger partial charge in [-0.3, -0.25) is 14.4 Å². The van der Waals surface area contributed by atoms with Gasteiger partial charge in [0.2, 0.25) is 5.91 Å². The molecule has 3 aromatic carbocycles. The maximum absolute atomic E-state index is 14.5. The first-order valence-corrected chi connectivity index (χ1v) is 19.6. The van der Waals surface area contributed by atoms with Gasteiger partial charge in [0.15, 0.2) is 0 Å². The summed E-state index contributed by atoms with van der Waals surface area (Å²) < 4.78 is 6.13. The minimum Gasteiger partial charge on any atom is -0.496 e. The van der Waals surface area contributed by atoms with Gasteiger partial charge in [-0.15, -0.1) is 0 Å². The third-order valence-corrected chi connectivity index (χ3v) is 12.6. The lowest BCUT2D eigenvalue weighted by molar-refractivity contribution is -0.179. The van der Waals surface area contributed by atoms with Crippen LogP contribution in [0.25, 0.3) is 11.1 Å². The van der Waals surface area contributed by atoms with Gasteiger partial charge in [-0.1, -0.05) is 69.3 Å². The Bertz CT molecular complexity index is 1780. The molecule has 3 aromatic rings. The third-order valence-electron chi connectivity index (χ3n) is 12.6. The minimum atomic E-state index is -0.772. The van der Waals surface area contributed by atoms with E-state index in [1.807, 2.05) is 86.5 Å². The molecule has 2 bridgehead atoms. The van der Waals surface area contributed by atoms with Crippen LogP contribution >= 0.6 is 0 Å². The first-order chi connectivity index (χ1) is 25.7. The zero-order valence-electron chi connectivity index (χ0n) is 33.6. The number of rotatable bonds is 14. The summed E-state index contributed by atoms with van der Waals surface area (Å²) in [5.74, 6) is 1.52. The highest BCUT2D eigenvalue weighted by molar-refractivity contribution is 5.97. The second-order valence-corrected chi connectivity index (χ2v) is 17.0. The van der Waals surface area contributed by atoms with Gasteiger partial charge in [0.1, 0.15) is 11.8 Å². The molecule has 3 aliphatic carbocycles. The van der Waals surface area contributed by atoms with E-state index in [0.717, 1.165) is 35.2 Å². The number of methoxy groups -OCH3 is 1. The highest BCUT2D eigenvalue weighted by Gasteiger charge is 2.57. The zero-order chi connectivity index (χ0) is 38.9. The SMILES string of the molecule is COc1c(CN2O[C@@H](CN(C)C)[C@@H]([C@H](C)O)[C@H]2C(=O)N[C@H]2C[C@H]3C[C@H]([C@@H]2C)C3(C)C)cccc1-c1cc(C(=O)NCCc2ccccc2)cc(N(C)C)c1. The van der Waals surface area contributed by atoms with Crippen LogP contribution in [0, 0.1) is 29.1 Å². The molecule has 3 saturated carbocycles. The molecule has 4 fully saturated rings. The first kappa shape index (κ1) is 39.7. The largest absolute Gasteiger partial charge is 0.496 e. The monoisotopic (exact) mass is 739 g/mol. The van der Waals surface area contributed by atoms with Crippen LogP contribution in [0.1, 0.15) is 62.0 Å². The molecule has 10 nitrogen and oxygen atoms in total. The summed E-state index contributed by atoms with van der Waals surface area (Å²) in [4.78, 5) is 38.6. The van der Waals surface area contributed by atoms with Crippen LogP contribution in [-0.2, 0) is 22.6 Å². The molecule has 8 atom stereocenters. The number of likely N-dealkylation sites (N-methyl/N-ethyl adjacent to an activating group) is 1. The van der Waals surface area contributed by atoms with E-state index in [1.165, 1.54) is 12.0 Å². The Hall–Kier alpha value is -3.96. The number of aliphatic hydroxyl groups excluding tert-OH is 1. The molecule has 0 spiro atoms. The molecule has 0 radical (unpaired) electrons. The number of amides is 2. The lowest BCUT2D eigenvalue weighted by Crippen LogP contribution is -2.62. The maximum Gasteiger partial charge on any atom is 0.251 e. The number of hydroxylamine groups is 2. The standard InChI is InChI=1S/C44H61N5O5/c1-27-36-23-33(44(36,3)4)24-37(27)46-43(52)40-39(28(2)50)38(26-47(5)6)54-49(40)25-30-16-13-17-35(41(30)53-9)31-20-32(22-34(21-31)48(7)8)42(51)45-19-18-29-14-11-10-12-15-29/h10-17,20-22,27-28,33,36-40,50H,18-19,23-26H2,1-9H3,(H,45,51)(H,46,52)/t27-,28-,33+,36+,37-,38-,39+,40-/m0/s1. The number of hydrogen-bond donors (Lipinski definition) is 3. The fraction of sp³-hybridized carbons (Fsp3) is 0.545. The molecule has 1 aliphatic heterocycles. The van der Waals surface area contributed by atoms with E-state index in [4.69, 9.17) is 9.57 Å². The van der Waals surface area contributed by atoms with E-state index in [9.17, 15) is 14.7 Å². The topological polar surface area (TPSA) is 107 Å². The van der Waals surface area contributed by atoms with Crippen molar-refractivity contribution >= 4 is 17.5 Å². The van der Waals surface area contributed by atoms with E-state index < -0.39 is 18.1 Å². The Morgan fingerprint density at radius 3 is 2.41 bits per heavy atom. The van der Waals surface area contributed by atoms with E-state index in [0.29, 0.717) is 47.6 Å². The minimum absolute atomic E-state index is 0.0882. The van der Waals surface area contributed by atoms with Crippen LogP contribution in [0.15, 0.2) is 66.7 Å². The van der Waals surface area contributed by atoms with Crippen molar-refractivity contribution in [2.24, 2.45) is 29.1 Å². The molecule has 4 aliphatic rings. The molecule has 0 unspecified atom stereocenters. The van der Waals surface area contributed by atoms with Crippen molar-refractivity contribution in [3.05, 3.63) is 83.4 Å². The fourth-order valence-electron chi connectivity index (χ4n) is 9.41. The Morgan fingerprint density at radius 2 is 1.78 bits per heavy atom. The smallest absolute Gasteiger partial charge is 0.251 e. The molecule has 2 amide bonds. The number of para-hydroxylation sites is 1. The van der Waals surface area contributed by atoms with Crippen molar-refractivity contribution < 1.29 is 24.3 Å². The summed E-state index contributed by atoms with van der Waals surface area (Å²) in [5.41, 5.74) is 5.42. The molecular formula is C44H61N5O5. The van der Waals surface area contributed by atoms with Crippen molar-refractivity contribution in [3.63, 3.8) is 0 Å². The van der Waals surface area contributed by atoms with Gasteiger partial charge in [-0.2, -0.15) is 5.06 Å². The van der Waals surface area contributed by atoms with E-state index in [-0.39, 0.29) is 30.5 Å². The average Bonchev–Trinajstić information content (AvgIpc) is 3.49. The van der Waals surface area contributed by atoms with Gasteiger partial charge in [-0.05, 0) is 92.8 Å². The molecule has 3 N–H and O–H groups in total. The highest BCUT2D eigenvalue weighted by Crippen LogP contribution is 2.61. The Kier molecular flexibility index (Phi) is 12.1. The summed E-state index contributed by atoms with van der Waals surface area (Å²) in [6.45, 7) is 10.1. The summed E-state index contributed by atoms with van der Waals surface area (Å²) in [6.07, 6.45) is 1.78. The van der Waals surface area contributed by atoms with Crippen LogP contribution in [0.2, 0.25) is 0 Å². The van der Waals surface area contributed by atoms with Gasteiger partial charge in [-0.25, -0.2) is 0 Å². The van der Waals surface area contributed by atoms with Gasteiger partial charge >= 0.3 is 0 Å². The summed E-state index contributed by atoms with van der Waals surface area (Å²) >= 11 is 0. The van der Waals surface area contributed by atoms with Gasteiger partial charge in [0, 0.05) is 61.5 Å². The second kappa shape index (κ2) is 16.4. The fourth-order valence-corrected chi connectivity index (χ4v) is 9.41. The van der Waals surface area contributed by atoms with Crippen LogP contribution in [-0.4, -0.2) is 99.6 Å². The summed E-state index contributed by atoms with van der Waals surface area (Å²) in [6, 6.07) is 21.3. The lowest BCUT2D eigenvalue weighted by Gasteiger charge is -2.62. The first-order valence-electron chi connectivity index (χ1n) is 19.6. The average molecular weight is 740 g/mol. The molecular weight excluding hydrogens is 679 g/mol. The molecule has 292 valence electrons. The number of carbonyl (C=O) groups excluding carboxylic acids is 2.